The number of hydrogen-bond donors (Lipinski definition) is 1. The molecule has 0 atom stereocenters. The molecule has 0 aliphatic heterocycles. The Hall–Kier alpha value is -0.930. The van der Waals surface area contributed by atoms with Gasteiger partial charge in [-0.1, -0.05) is 19.9 Å². The molecule has 17 heavy (non-hydrogen) atoms. The maximum Gasteiger partial charge on any atom is 0.0963 e. The van der Waals surface area contributed by atoms with E-state index in [1.165, 1.54) is 27.2 Å². The summed E-state index contributed by atoms with van der Waals surface area (Å²) in [7, 11) is 2.00. The number of thiazole rings is 1. The van der Waals surface area contributed by atoms with E-state index in [1.54, 1.807) is 0 Å². The maximum absolute atomic E-state index is 4.70. The zero-order valence-electron chi connectivity index (χ0n) is 10.8. The molecule has 2 aromatic rings. The van der Waals surface area contributed by atoms with Gasteiger partial charge in [-0.2, -0.15) is 0 Å². The van der Waals surface area contributed by atoms with Gasteiger partial charge in [0.25, 0.3) is 0 Å². The summed E-state index contributed by atoms with van der Waals surface area (Å²) in [5, 5.41) is 4.42. The van der Waals surface area contributed by atoms with Crippen LogP contribution in [0.25, 0.3) is 10.2 Å². The molecule has 2 rings (SSSR count). The topological polar surface area (TPSA) is 24.9 Å². The molecule has 2 nitrogen and oxygen atoms in total. The van der Waals surface area contributed by atoms with Crippen molar-refractivity contribution in [3.63, 3.8) is 0 Å². The van der Waals surface area contributed by atoms with Crippen LogP contribution >= 0.6 is 11.3 Å². The average Bonchev–Trinajstić information content (AvgIpc) is 2.72. The van der Waals surface area contributed by atoms with Crippen molar-refractivity contribution in [3.05, 3.63) is 28.8 Å². The van der Waals surface area contributed by atoms with Crippen molar-refractivity contribution < 1.29 is 0 Å². The molecule has 0 bridgehead atoms. The number of aromatic nitrogens is 1. The predicted octanol–water partition coefficient (Wildman–Crippen LogP) is 3.57. The first-order valence-electron chi connectivity index (χ1n) is 6.24. The Morgan fingerprint density at radius 1 is 1.35 bits per heavy atom. The van der Waals surface area contributed by atoms with Gasteiger partial charge < -0.3 is 5.32 Å². The minimum atomic E-state index is 0.528. The van der Waals surface area contributed by atoms with E-state index in [0.29, 0.717) is 5.92 Å². The summed E-state index contributed by atoms with van der Waals surface area (Å²) in [6.45, 7) is 5.48. The lowest BCUT2D eigenvalue weighted by molar-refractivity contribution is 0.725. The van der Waals surface area contributed by atoms with Crippen molar-refractivity contribution in [2.75, 3.05) is 13.6 Å². The number of fused-ring (bicyclic) bond motifs is 1. The summed E-state index contributed by atoms with van der Waals surface area (Å²) >= 11 is 1.82. The summed E-state index contributed by atoms with van der Waals surface area (Å²) in [4.78, 5) is 4.70. The Morgan fingerprint density at radius 2 is 2.18 bits per heavy atom. The Labute approximate surface area is 107 Å². The summed E-state index contributed by atoms with van der Waals surface area (Å²) in [6, 6.07) is 6.70. The van der Waals surface area contributed by atoms with Crippen LogP contribution in [0.2, 0.25) is 0 Å². The Balaban J connectivity index is 2.18. The van der Waals surface area contributed by atoms with Gasteiger partial charge >= 0.3 is 0 Å². The van der Waals surface area contributed by atoms with E-state index in [-0.39, 0.29) is 0 Å². The molecule has 0 unspecified atom stereocenters. The van der Waals surface area contributed by atoms with Crippen LogP contribution < -0.4 is 5.32 Å². The standard InChI is InChI=1S/C14H20N2S/c1-10(2)14-16-12-9-11(5-4-8-15-3)6-7-13(12)17-14/h6-7,9-10,15H,4-5,8H2,1-3H3. The molecule has 1 heterocycles. The summed E-state index contributed by atoms with van der Waals surface area (Å²) < 4.78 is 1.31. The number of rotatable bonds is 5. The lowest BCUT2D eigenvalue weighted by Crippen LogP contribution is -2.08. The first-order valence-corrected chi connectivity index (χ1v) is 7.06. The molecule has 1 aromatic heterocycles. The zero-order chi connectivity index (χ0) is 12.3. The third-order valence-electron chi connectivity index (χ3n) is 2.85. The first kappa shape index (κ1) is 12.5. The normalized spacial score (nSPS) is 11.5. The highest BCUT2D eigenvalue weighted by Gasteiger charge is 2.07. The lowest BCUT2D eigenvalue weighted by Gasteiger charge is -2.00. The van der Waals surface area contributed by atoms with Crippen LogP contribution in [0.15, 0.2) is 18.2 Å². The monoisotopic (exact) mass is 248 g/mol. The van der Waals surface area contributed by atoms with Crippen molar-refractivity contribution in [3.8, 4) is 0 Å². The smallest absolute Gasteiger partial charge is 0.0963 e. The molecule has 1 N–H and O–H groups in total. The molecule has 0 aliphatic rings. The minimum Gasteiger partial charge on any atom is -0.320 e. The van der Waals surface area contributed by atoms with Gasteiger partial charge in [-0.3, -0.25) is 0 Å². The van der Waals surface area contributed by atoms with Crippen molar-refractivity contribution >= 4 is 21.6 Å². The predicted molar refractivity (Wildman–Crippen MR) is 76.0 cm³/mol. The van der Waals surface area contributed by atoms with E-state index in [4.69, 9.17) is 4.98 Å². The second-order valence-corrected chi connectivity index (χ2v) is 5.78. The van der Waals surface area contributed by atoms with Gasteiger partial charge in [-0.05, 0) is 44.1 Å². The summed E-state index contributed by atoms with van der Waals surface area (Å²) in [5.74, 6) is 0.528. The van der Waals surface area contributed by atoms with E-state index in [1.807, 2.05) is 18.4 Å². The number of hydrogen-bond acceptors (Lipinski definition) is 3. The second kappa shape index (κ2) is 5.61. The van der Waals surface area contributed by atoms with E-state index >= 15 is 0 Å². The minimum absolute atomic E-state index is 0.528. The average molecular weight is 248 g/mol. The van der Waals surface area contributed by atoms with Crippen molar-refractivity contribution in [2.24, 2.45) is 0 Å². The van der Waals surface area contributed by atoms with Crippen LogP contribution in [0.3, 0.4) is 0 Å². The molecule has 0 amide bonds. The fourth-order valence-electron chi connectivity index (χ4n) is 1.86. The van der Waals surface area contributed by atoms with Crippen molar-refractivity contribution in [1.82, 2.24) is 10.3 Å². The molecule has 0 saturated carbocycles. The highest BCUT2D eigenvalue weighted by atomic mass is 32.1. The molecule has 0 radical (unpaired) electrons. The van der Waals surface area contributed by atoms with E-state index in [2.05, 4.69) is 37.4 Å². The fourth-order valence-corrected chi connectivity index (χ4v) is 2.81. The number of benzene rings is 1. The Kier molecular flexibility index (Phi) is 4.13. The van der Waals surface area contributed by atoms with Crippen LogP contribution in [-0.2, 0) is 6.42 Å². The van der Waals surface area contributed by atoms with Crippen LogP contribution in [0.5, 0.6) is 0 Å². The van der Waals surface area contributed by atoms with E-state index < -0.39 is 0 Å². The summed E-state index contributed by atoms with van der Waals surface area (Å²) in [5.41, 5.74) is 2.56. The SMILES string of the molecule is CNCCCc1ccc2sc(C(C)C)nc2c1. The molecular formula is C14H20N2S. The first-order chi connectivity index (χ1) is 8.20. The van der Waals surface area contributed by atoms with Crippen LogP contribution in [-0.4, -0.2) is 18.6 Å². The van der Waals surface area contributed by atoms with Crippen molar-refractivity contribution in [1.29, 1.82) is 0 Å². The number of nitrogens with zero attached hydrogens (tertiary/aromatic N) is 1. The van der Waals surface area contributed by atoms with Gasteiger partial charge in [0.05, 0.1) is 15.2 Å². The maximum atomic E-state index is 4.70. The molecular weight excluding hydrogens is 228 g/mol. The highest BCUT2D eigenvalue weighted by molar-refractivity contribution is 7.18. The van der Waals surface area contributed by atoms with Gasteiger partial charge in [0.1, 0.15) is 0 Å². The van der Waals surface area contributed by atoms with Crippen LogP contribution in [0.4, 0.5) is 0 Å². The Morgan fingerprint density at radius 3 is 2.88 bits per heavy atom. The second-order valence-electron chi connectivity index (χ2n) is 4.72. The van der Waals surface area contributed by atoms with Gasteiger partial charge in [0.2, 0.25) is 0 Å². The van der Waals surface area contributed by atoms with Gasteiger partial charge in [0.15, 0.2) is 0 Å². The quantitative estimate of drug-likeness (QED) is 0.818. The molecule has 0 spiro atoms. The molecule has 0 aliphatic carbocycles. The zero-order valence-corrected chi connectivity index (χ0v) is 11.6. The van der Waals surface area contributed by atoms with Gasteiger partial charge in [0, 0.05) is 5.92 Å². The van der Waals surface area contributed by atoms with E-state index in [0.717, 1.165) is 13.0 Å². The number of nitrogens with one attached hydrogen (secondary N) is 1. The van der Waals surface area contributed by atoms with Crippen LogP contribution in [0, 0.1) is 0 Å². The lowest BCUT2D eigenvalue weighted by atomic mass is 10.1. The third kappa shape index (κ3) is 3.05. The van der Waals surface area contributed by atoms with E-state index in [9.17, 15) is 0 Å². The molecule has 0 fully saturated rings. The molecule has 1 aromatic carbocycles. The fraction of sp³-hybridized carbons (Fsp3) is 0.500. The Bertz CT molecular complexity index is 488. The summed E-state index contributed by atoms with van der Waals surface area (Å²) in [6.07, 6.45) is 2.31. The van der Waals surface area contributed by atoms with Gasteiger partial charge in [-0.15, -0.1) is 11.3 Å². The van der Waals surface area contributed by atoms with Gasteiger partial charge in [-0.25, -0.2) is 4.98 Å². The molecule has 3 heteroatoms. The molecule has 0 saturated heterocycles. The number of aryl methyl sites for hydroxylation is 1. The van der Waals surface area contributed by atoms with Crippen LogP contribution in [0.1, 0.15) is 36.8 Å². The molecule has 92 valence electrons. The largest absolute Gasteiger partial charge is 0.320 e. The highest BCUT2D eigenvalue weighted by Crippen LogP contribution is 2.27. The van der Waals surface area contributed by atoms with Crippen molar-refractivity contribution in [2.45, 2.75) is 32.6 Å². The third-order valence-corrected chi connectivity index (χ3v) is 4.19.